The molecule has 3 aromatic rings. The molecule has 4 amide bonds. The highest BCUT2D eigenvalue weighted by molar-refractivity contribution is 6.39. The quantitative estimate of drug-likeness (QED) is 0.303. The van der Waals surface area contributed by atoms with Gasteiger partial charge in [-0.15, -0.1) is 0 Å². The second-order valence-corrected chi connectivity index (χ2v) is 8.24. The molecule has 0 saturated carbocycles. The number of anilines is 1. The third kappa shape index (κ3) is 4.99. The largest absolute Gasteiger partial charge is 0.497 e. The minimum absolute atomic E-state index is 0.189. The molecule has 1 heterocycles. The molecule has 1 fully saturated rings. The zero-order chi connectivity index (χ0) is 25.8. The van der Waals surface area contributed by atoms with Crippen molar-refractivity contribution in [2.45, 2.75) is 6.42 Å². The van der Waals surface area contributed by atoms with Crippen molar-refractivity contribution in [3.63, 3.8) is 0 Å². The second-order valence-electron chi connectivity index (χ2n) is 7.83. The van der Waals surface area contributed by atoms with Gasteiger partial charge in [-0.25, -0.2) is 14.5 Å². The van der Waals surface area contributed by atoms with Gasteiger partial charge in [-0.1, -0.05) is 35.9 Å². The Labute approximate surface area is 212 Å². The van der Waals surface area contributed by atoms with E-state index in [-0.39, 0.29) is 16.8 Å². The molecule has 4 rings (SSSR count). The number of imide groups is 2. The number of hydrogen-bond acceptors (Lipinski definition) is 6. The summed E-state index contributed by atoms with van der Waals surface area (Å²) in [5.41, 5.74) is 2.42. The van der Waals surface area contributed by atoms with Crippen molar-refractivity contribution >= 4 is 47.2 Å². The van der Waals surface area contributed by atoms with Crippen molar-refractivity contribution in [3.8, 4) is 5.75 Å². The van der Waals surface area contributed by atoms with E-state index in [0.29, 0.717) is 22.8 Å². The average molecular weight is 505 g/mol. The van der Waals surface area contributed by atoms with Gasteiger partial charge in [0.1, 0.15) is 11.3 Å². The lowest BCUT2D eigenvalue weighted by Gasteiger charge is -2.26. The zero-order valence-corrected chi connectivity index (χ0v) is 20.2. The number of carbonyl (C=O) groups excluding carboxylic acids is 4. The standard InChI is InChI=1S/C27H21ClN2O6/c1-35-21-12-9-17(19(14-21)13-18-5-3-4-6-23(18)28)15-22-24(31)29-27(34)30(25(22)32)20-10-7-16(8-11-20)26(33)36-2/h3-12,14-15H,13H2,1-2H3,(H,29,31,34)/b22-15+. The Morgan fingerprint density at radius 2 is 1.69 bits per heavy atom. The highest BCUT2D eigenvalue weighted by Gasteiger charge is 2.37. The van der Waals surface area contributed by atoms with E-state index in [1.165, 1.54) is 37.5 Å². The van der Waals surface area contributed by atoms with Crippen LogP contribution in [0, 0.1) is 0 Å². The number of benzene rings is 3. The summed E-state index contributed by atoms with van der Waals surface area (Å²) in [7, 11) is 2.79. The van der Waals surface area contributed by atoms with Gasteiger partial charge in [0.15, 0.2) is 0 Å². The normalized spacial score (nSPS) is 14.6. The highest BCUT2D eigenvalue weighted by Crippen LogP contribution is 2.28. The van der Waals surface area contributed by atoms with E-state index in [1.54, 1.807) is 31.4 Å². The molecule has 3 aromatic carbocycles. The van der Waals surface area contributed by atoms with Gasteiger partial charge in [-0.3, -0.25) is 14.9 Å². The SMILES string of the molecule is COC(=O)c1ccc(N2C(=O)NC(=O)/C(=C\c3ccc(OC)cc3Cc3ccccc3Cl)C2=O)cc1. The van der Waals surface area contributed by atoms with E-state index in [0.717, 1.165) is 16.0 Å². The van der Waals surface area contributed by atoms with Crippen LogP contribution in [-0.4, -0.2) is 38.0 Å². The summed E-state index contributed by atoms with van der Waals surface area (Å²) >= 11 is 6.34. The first-order valence-corrected chi connectivity index (χ1v) is 11.2. The van der Waals surface area contributed by atoms with Crippen molar-refractivity contribution in [2.75, 3.05) is 19.1 Å². The average Bonchev–Trinajstić information content (AvgIpc) is 2.88. The zero-order valence-electron chi connectivity index (χ0n) is 19.4. The summed E-state index contributed by atoms with van der Waals surface area (Å²) in [5.74, 6) is -1.57. The number of hydrogen-bond donors (Lipinski definition) is 1. The summed E-state index contributed by atoms with van der Waals surface area (Å²) < 4.78 is 10.0. The van der Waals surface area contributed by atoms with E-state index in [2.05, 4.69) is 10.1 Å². The number of carbonyl (C=O) groups is 4. The molecule has 9 heteroatoms. The number of urea groups is 1. The molecule has 0 radical (unpaired) electrons. The predicted octanol–water partition coefficient (Wildman–Crippen LogP) is 4.39. The molecule has 0 spiro atoms. The van der Waals surface area contributed by atoms with Gasteiger partial charge in [0.2, 0.25) is 0 Å². The topological polar surface area (TPSA) is 102 Å². The fraction of sp³-hybridized carbons (Fsp3) is 0.111. The van der Waals surface area contributed by atoms with Gasteiger partial charge in [0.25, 0.3) is 11.8 Å². The summed E-state index contributed by atoms with van der Waals surface area (Å²) in [6.45, 7) is 0. The molecule has 0 atom stereocenters. The molecule has 0 unspecified atom stereocenters. The Bertz CT molecular complexity index is 1400. The highest BCUT2D eigenvalue weighted by atomic mass is 35.5. The molecule has 36 heavy (non-hydrogen) atoms. The van der Waals surface area contributed by atoms with Gasteiger partial charge in [-0.2, -0.15) is 0 Å². The van der Waals surface area contributed by atoms with Crippen LogP contribution in [0.1, 0.15) is 27.0 Å². The van der Waals surface area contributed by atoms with Gasteiger partial charge in [0, 0.05) is 5.02 Å². The van der Waals surface area contributed by atoms with Crippen LogP contribution in [0.25, 0.3) is 6.08 Å². The number of esters is 1. The number of nitrogens with one attached hydrogen (secondary N) is 1. The Kier molecular flexibility index (Phi) is 7.17. The van der Waals surface area contributed by atoms with Gasteiger partial charge < -0.3 is 9.47 Å². The fourth-order valence-corrected chi connectivity index (χ4v) is 3.96. The van der Waals surface area contributed by atoms with Crippen molar-refractivity contribution in [2.24, 2.45) is 0 Å². The lowest BCUT2D eigenvalue weighted by atomic mass is 9.97. The molecule has 0 aromatic heterocycles. The molecule has 1 aliphatic rings. The Hall–Kier alpha value is -4.43. The smallest absolute Gasteiger partial charge is 0.337 e. The van der Waals surface area contributed by atoms with E-state index in [9.17, 15) is 19.2 Å². The maximum Gasteiger partial charge on any atom is 0.337 e. The molecular formula is C27H21ClN2O6. The number of amides is 4. The molecule has 0 bridgehead atoms. The van der Waals surface area contributed by atoms with Crippen LogP contribution in [-0.2, 0) is 20.7 Å². The molecule has 182 valence electrons. The molecule has 8 nitrogen and oxygen atoms in total. The third-order valence-electron chi connectivity index (χ3n) is 5.64. The minimum Gasteiger partial charge on any atom is -0.497 e. The van der Waals surface area contributed by atoms with Crippen LogP contribution in [0.3, 0.4) is 0 Å². The maximum absolute atomic E-state index is 13.3. The van der Waals surface area contributed by atoms with E-state index in [1.807, 2.05) is 18.2 Å². The Morgan fingerprint density at radius 1 is 0.972 bits per heavy atom. The third-order valence-corrected chi connectivity index (χ3v) is 6.01. The first-order valence-electron chi connectivity index (χ1n) is 10.8. The minimum atomic E-state index is -0.890. The number of halogens is 1. The van der Waals surface area contributed by atoms with Crippen molar-refractivity contribution in [1.29, 1.82) is 0 Å². The summed E-state index contributed by atoms with van der Waals surface area (Å²) in [6.07, 6.45) is 1.86. The van der Waals surface area contributed by atoms with Crippen LogP contribution in [0.2, 0.25) is 5.02 Å². The van der Waals surface area contributed by atoms with Crippen LogP contribution < -0.4 is 15.0 Å². The van der Waals surface area contributed by atoms with Crippen LogP contribution in [0.15, 0.2) is 72.3 Å². The number of methoxy groups -OCH3 is 2. The van der Waals surface area contributed by atoms with Crippen LogP contribution in [0.4, 0.5) is 10.5 Å². The second kappa shape index (κ2) is 10.5. The molecule has 1 saturated heterocycles. The van der Waals surface area contributed by atoms with E-state index >= 15 is 0 Å². The monoisotopic (exact) mass is 504 g/mol. The van der Waals surface area contributed by atoms with Gasteiger partial charge in [-0.05, 0) is 71.7 Å². The summed E-state index contributed by atoms with van der Waals surface area (Å²) in [6, 6.07) is 17.4. The lowest BCUT2D eigenvalue weighted by molar-refractivity contribution is -0.122. The molecule has 1 N–H and O–H groups in total. The van der Waals surface area contributed by atoms with Crippen molar-refractivity contribution in [3.05, 3.63) is 99.6 Å². The number of barbiturate groups is 1. The van der Waals surface area contributed by atoms with E-state index < -0.39 is 23.8 Å². The number of nitrogens with zero attached hydrogens (tertiary/aromatic N) is 1. The summed E-state index contributed by atoms with van der Waals surface area (Å²) in [5, 5.41) is 2.78. The van der Waals surface area contributed by atoms with Gasteiger partial charge >= 0.3 is 12.0 Å². The number of rotatable bonds is 6. The van der Waals surface area contributed by atoms with Crippen molar-refractivity contribution < 1.29 is 28.7 Å². The van der Waals surface area contributed by atoms with E-state index in [4.69, 9.17) is 16.3 Å². The molecular weight excluding hydrogens is 484 g/mol. The van der Waals surface area contributed by atoms with Crippen LogP contribution in [0.5, 0.6) is 5.75 Å². The molecule has 0 aliphatic carbocycles. The maximum atomic E-state index is 13.3. The predicted molar refractivity (Wildman–Crippen MR) is 134 cm³/mol. The fourth-order valence-electron chi connectivity index (χ4n) is 3.76. The van der Waals surface area contributed by atoms with Crippen molar-refractivity contribution in [1.82, 2.24) is 5.32 Å². The Balaban J connectivity index is 1.72. The molecule has 1 aliphatic heterocycles. The van der Waals surface area contributed by atoms with Crippen LogP contribution >= 0.6 is 11.6 Å². The Morgan fingerprint density at radius 3 is 2.36 bits per heavy atom. The lowest BCUT2D eigenvalue weighted by Crippen LogP contribution is -2.54. The van der Waals surface area contributed by atoms with Gasteiger partial charge in [0.05, 0.1) is 25.5 Å². The first kappa shape index (κ1) is 24.7. The first-order chi connectivity index (χ1) is 17.3. The summed E-state index contributed by atoms with van der Waals surface area (Å²) in [4.78, 5) is 51.1. The number of ether oxygens (including phenoxy) is 2.